The number of anilines is 2. The Morgan fingerprint density at radius 3 is 2.12 bits per heavy atom. The van der Waals surface area contributed by atoms with Crippen molar-refractivity contribution in [1.29, 1.82) is 0 Å². The number of aliphatic hydroxyl groups is 1. The minimum atomic E-state index is -0.900. The standard InChI is InChI=1S/C24H24N4O4S2/c1-11-21(13(3)29)34-24(26-11)28-18(15-7-9-16(10-8-15)27(5)6)17(20(31)23(28)32)19(30)22-12(2)25-14(4)33-22/h7-10,18,31H,1-6H3. The van der Waals surface area contributed by atoms with Crippen LogP contribution in [0, 0.1) is 20.8 Å². The van der Waals surface area contributed by atoms with Crippen molar-refractivity contribution in [3.8, 4) is 0 Å². The van der Waals surface area contributed by atoms with Crippen molar-refractivity contribution in [1.82, 2.24) is 9.97 Å². The van der Waals surface area contributed by atoms with Gasteiger partial charge in [-0.15, -0.1) is 11.3 Å². The number of hydrogen-bond acceptors (Lipinski definition) is 9. The Labute approximate surface area is 205 Å². The molecule has 1 aromatic carbocycles. The van der Waals surface area contributed by atoms with E-state index in [9.17, 15) is 19.5 Å². The van der Waals surface area contributed by atoms with Crippen molar-refractivity contribution >= 4 is 51.0 Å². The lowest BCUT2D eigenvalue weighted by atomic mass is 9.95. The van der Waals surface area contributed by atoms with Gasteiger partial charge in [-0.3, -0.25) is 19.3 Å². The first kappa shape index (κ1) is 23.8. The molecule has 1 amide bonds. The van der Waals surface area contributed by atoms with E-state index in [1.165, 1.54) is 23.2 Å². The van der Waals surface area contributed by atoms with Crippen molar-refractivity contribution in [2.75, 3.05) is 23.9 Å². The Morgan fingerprint density at radius 2 is 1.62 bits per heavy atom. The topological polar surface area (TPSA) is 104 Å². The van der Waals surface area contributed by atoms with Gasteiger partial charge in [0.05, 0.1) is 37.8 Å². The van der Waals surface area contributed by atoms with Gasteiger partial charge in [0.15, 0.2) is 16.7 Å². The van der Waals surface area contributed by atoms with Crippen molar-refractivity contribution in [2.45, 2.75) is 33.7 Å². The molecule has 0 saturated heterocycles. The molecule has 0 spiro atoms. The average Bonchev–Trinajstić information content (AvgIpc) is 3.41. The summed E-state index contributed by atoms with van der Waals surface area (Å²) in [6, 6.07) is 6.51. The van der Waals surface area contributed by atoms with E-state index in [1.54, 1.807) is 20.8 Å². The van der Waals surface area contributed by atoms with Crippen LogP contribution in [0.1, 0.15) is 54.3 Å². The number of carbonyl (C=O) groups is 3. The van der Waals surface area contributed by atoms with Crippen LogP contribution in [0.25, 0.3) is 0 Å². The number of aryl methyl sites for hydroxylation is 3. The van der Waals surface area contributed by atoms with E-state index >= 15 is 0 Å². The third kappa shape index (κ3) is 3.92. The van der Waals surface area contributed by atoms with Crippen LogP contribution >= 0.6 is 22.7 Å². The second-order valence-corrected chi connectivity index (χ2v) is 10.5. The summed E-state index contributed by atoms with van der Waals surface area (Å²) in [5.74, 6) is -1.95. The van der Waals surface area contributed by atoms with Crippen LogP contribution in [-0.4, -0.2) is 46.6 Å². The summed E-state index contributed by atoms with van der Waals surface area (Å²) in [6.45, 7) is 6.66. The molecule has 10 heteroatoms. The predicted molar refractivity (Wildman–Crippen MR) is 133 cm³/mol. The molecule has 4 rings (SSSR count). The number of rotatable bonds is 6. The van der Waals surface area contributed by atoms with Crippen molar-refractivity contribution in [2.24, 2.45) is 0 Å². The molecule has 2 aromatic heterocycles. The molecule has 176 valence electrons. The zero-order chi connectivity index (χ0) is 24.9. The maximum atomic E-state index is 13.6. The van der Waals surface area contributed by atoms with Gasteiger partial charge in [-0.1, -0.05) is 23.5 Å². The molecule has 0 fully saturated rings. The SMILES string of the molecule is CC(=O)c1sc(N2C(=O)C(O)=C(C(=O)c3sc(C)nc3C)C2c2ccc(N(C)C)cc2)nc1C. The molecule has 1 aliphatic rings. The third-order valence-corrected chi connectivity index (χ3v) is 7.93. The molecule has 1 aliphatic heterocycles. The van der Waals surface area contributed by atoms with Crippen molar-refractivity contribution < 1.29 is 19.5 Å². The summed E-state index contributed by atoms with van der Waals surface area (Å²) in [5.41, 5.74) is 2.60. The van der Waals surface area contributed by atoms with Gasteiger partial charge in [0.1, 0.15) is 0 Å². The van der Waals surface area contributed by atoms with E-state index in [4.69, 9.17) is 0 Å². The lowest BCUT2D eigenvalue weighted by Crippen LogP contribution is -2.31. The number of nitrogens with zero attached hydrogens (tertiary/aromatic N) is 4. The molecule has 0 aliphatic carbocycles. The summed E-state index contributed by atoms with van der Waals surface area (Å²) < 4.78 is 0. The molecule has 8 nitrogen and oxygen atoms in total. The van der Waals surface area contributed by atoms with Gasteiger partial charge in [0.25, 0.3) is 5.91 Å². The minimum absolute atomic E-state index is 0.0217. The highest BCUT2D eigenvalue weighted by Crippen LogP contribution is 2.44. The quantitative estimate of drug-likeness (QED) is 0.498. The highest BCUT2D eigenvalue weighted by Gasteiger charge is 2.46. The van der Waals surface area contributed by atoms with Crippen LogP contribution in [0.3, 0.4) is 0 Å². The zero-order valence-electron chi connectivity index (χ0n) is 19.7. The van der Waals surface area contributed by atoms with E-state index in [0.717, 1.165) is 22.0 Å². The maximum Gasteiger partial charge on any atom is 0.296 e. The monoisotopic (exact) mass is 496 g/mol. The Bertz CT molecular complexity index is 1350. The van der Waals surface area contributed by atoms with Crippen LogP contribution in [-0.2, 0) is 4.79 Å². The molecule has 1 atom stereocenters. The molecular formula is C24H24N4O4S2. The highest BCUT2D eigenvalue weighted by atomic mass is 32.1. The lowest BCUT2D eigenvalue weighted by molar-refractivity contribution is -0.117. The van der Waals surface area contributed by atoms with Gasteiger partial charge in [-0.2, -0.15) is 0 Å². The Morgan fingerprint density at radius 1 is 1.00 bits per heavy atom. The number of thiazole rings is 2. The highest BCUT2D eigenvalue weighted by molar-refractivity contribution is 7.17. The largest absolute Gasteiger partial charge is 0.503 e. The summed E-state index contributed by atoms with van der Waals surface area (Å²) in [7, 11) is 3.83. The second-order valence-electron chi connectivity index (χ2n) is 8.27. The van der Waals surface area contributed by atoms with Gasteiger partial charge < -0.3 is 10.0 Å². The first-order valence-electron chi connectivity index (χ1n) is 10.5. The summed E-state index contributed by atoms with van der Waals surface area (Å²) in [6.07, 6.45) is 0. The van der Waals surface area contributed by atoms with E-state index in [2.05, 4.69) is 9.97 Å². The number of hydrogen-bond donors (Lipinski definition) is 1. The number of ketones is 2. The fourth-order valence-corrected chi connectivity index (χ4v) is 5.84. The Kier molecular flexibility index (Phi) is 6.13. The number of aliphatic hydroxyl groups excluding tert-OH is 1. The number of amides is 1. The summed E-state index contributed by atoms with van der Waals surface area (Å²) in [5, 5.41) is 11.9. The lowest BCUT2D eigenvalue weighted by Gasteiger charge is -2.25. The van der Waals surface area contributed by atoms with E-state index in [0.29, 0.717) is 26.7 Å². The number of carbonyl (C=O) groups excluding carboxylic acids is 3. The molecule has 0 bridgehead atoms. The smallest absolute Gasteiger partial charge is 0.296 e. The summed E-state index contributed by atoms with van der Waals surface area (Å²) >= 11 is 2.29. The van der Waals surface area contributed by atoms with Crippen LogP contribution in [0.15, 0.2) is 35.6 Å². The normalized spacial score (nSPS) is 15.9. The van der Waals surface area contributed by atoms with Crippen LogP contribution in [0.4, 0.5) is 10.8 Å². The average molecular weight is 497 g/mol. The molecular weight excluding hydrogens is 472 g/mol. The van der Waals surface area contributed by atoms with Crippen molar-refractivity contribution in [3.63, 3.8) is 0 Å². The minimum Gasteiger partial charge on any atom is -0.503 e. The van der Waals surface area contributed by atoms with E-state index in [-0.39, 0.29) is 16.5 Å². The molecule has 3 aromatic rings. The maximum absolute atomic E-state index is 13.6. The third-order valence-electron chi connectivity index (χ3n) is 5.60. The Hall–Kier alpha value is -3.37. The molecule has 34 heavy (non-hydrogen) atoms. The van der Waals surface area contributed by atoms with Crippen LogP contribution in [0.2, 0.25) is 0 Å². The van der Waals surface area contributed by atoms with E-state index in [1.807, 2.05) is 43.3 Å². The number of Topliss-reactive ketones (excluding diaryl/α,β-unsaturated/α-hetero) is 2. The van der Waals surface area contributed by atoms with Gasteiger partial charge in [-0.05, 0) is 38.5 Å². The summed E-state index contributed by atoms with van der Waals surface area (Å²) in [4.78, 5) is 51.8. The second kappa shape index (κ2) is 8.77. The number of benzene rings is 1. The van der Waals surface area contributed by atoms with Crippen LogP contribution in [0.5, 0.6) is 0 Å². The zero-order valence-corrected chi connectivity index (χ0v) is 21.3. The van der Waals surface area contributed by atoms with Crippen LogP contribution < -0.4 is 9.80 Å². The molecule has 1 unspecified atom stereocenters. The van der Waals surface area contributed by atoms with Crippen molar-refractivity contribution in [3.05, 3.63) is 67.3 Å². The van der Waals surface area contributed by atoms with Gasteiger partial charge in [-0.25, -0.2) is 9.97 Å². The van der Waals surface area contributed by atoms with Gasteiger partial charge in [0.2, 0.25) is 5.78 Å². The molecule has 0 saturated carbocycles. The molecule has 1 N–H and O–H groups in total. The number of aromatic nitrogens is 2. The Balaban J connectivity index is 1.89. The fraction of sp³-hybridized carbons (Fsp3) is 0.292. The first-order chi connectivity index (χ1) is 16.0. The fourth-order valence-electron chi connectivity index (χ4n) is 3.98. The first-order valence-corrected chi connectivity index (χ1v) is 12.2. The molecule has 3 heterocycles. The van der Waals surface area contributed by atoms with E-state index < -0.39 is 23.5 Å². The van der Waals surface area contributed by atoms with Gasteiger partial charge >= 0.3 is 0 Å². The van der Waals surface area contributed by atoms with Gasteiger partial charge in [0, 0.05) is 26.7 Å². The predicted octanol–water partition coefficient (Wildman–Crippen LogP) is 4.58. The molecule has 0 radical (unpaired) electrons.